The highest BCUT2D eigenvalue weighted by molar-refractivity contribution is 6.06. The Labute approximate surface area is 206 Å². The highest BCUT2D eigenvalue weighted by Crippen LogP contribution is 2.30. The summed E-state index contributed by atoms with van der Waals surface area (Å²) in [6.45, 7) is 4.42. The van der Waals surface area contributed by atoms with E-state index in [2.05, 4.69) is 32.4 Å². The molecule has 10 heteroatoms. The molecular weight excluding hydrogens is 466 g/mol. The maximum absolute atomic E-state index is 13.3. The number of ether oxygens (including phenoxy) is 1. The number of pyridine rings is 2. The molecule has 4 heterocycles. The molecule has 0 aliphatic carbocycles. The van der Waals surface area contributed by atoms with Gasteiger partial charge in [-0.3, -0.25) is 9.78 Å². The highest BCUT2D eigenvalue weighted by atomic mass is 19.3. The minimum atomic E-state index is -2.65. The summed E-state index contributed by atoms with van der Waals surface area (Å²) in [5.74, 6) is 1.80. The minimum absolute atomic E-state index is 0.118. The van der Waals surface area contributed by atoms with E-state index in [1.807, 2.05) is 17.6 Å². The molecule has 0 spiro atoms. The Balaban J connectivity index is 1.53. The zero-order valence-electron chi connectivity index (χ0n) is 19.8. The van der Waals surface area contributed by atoms with Crippen LogP contribution >= 0.6 is 0 Å². The maximum atomic E-state index is 13.3. The van der Waals surface area contributed by atoms with Gasteiger partial charge in [-0.15, -0.1) is 10.2 Å². The molecule has 1 atom stereocenters. The van der Waals surface area contributed by atoms with Crippen molar-refractivity contribution in [3.63, 3.8) is 0 Å². The highest BCUT2D eigenvalue weighted by Gasteiger charge is 2.20. The van der Waals surface area contributed by atoms with Gasteiger partial charge >= 0.3 is 0 Å². The van der Waals surface area contributed by atoms with Crippen molar-refractivity contribution in [1.29, 1.82) is 0 Å². The van der Waals surface area contributed by atoms with E-state index in [9.17, 15) is 13.6 Å². The molecule has 1 aliphatic heterocycles. The Morgan fingerprint density at radius 2 is 1.94 bits per heavy atom. The number of nitrogens with zero attached hydrogens (tertiary/aromatic N) is 5. The number of amides is 1. The van der Waals surface area contributed by atoms with Crippen molar-refractivity contribution in [2.45, 2.75) is 39.2 Å². The van der Waals surface area contributed by atoms with Crippen molar-refractivity contribution in [3.8, 4) is 28.4 Å². The Bertz CT molecular complexity index is 1400. The fourth-order valence-corrected chi connectivity index (χ4v) is 4.29. The van der Waals surface area contributed by atoms with Gasteiger partial charge in [-0.25, -0.2) is 13.8 Å². The molecule has 0 saturated carbocycles. The van der Waals surface area contributed by atoms with E-state index in [0.717, 1.165) is 18.7 Å². The molecule has 2 bridgehead atoms. The summed E-state index contributed by atoms with van der Waals surface area (Å²) in [6.07, 6.45) is 0.280. The lowest BCUT2D eigenvalue weighted by Gasteiger charge is -2.19. The smallest absolute Gasteiger partial charge is 0.280 e. The molecule has 1 aromatic carbocycles. The number of anilines is 1. The number of aryl methyl sites for hydroxylation is 1. The molecule has 5 rings (SSSR count). The fourth-order valence-electron chi connectivity index (χ4n) is 4.29. The van der Waals surface area contributed by atoms with E-state index in [4.69, 9.17) is 4.74 Å². The van der Waals surface area contributed by atoms with Crippen molar-refractivity contribution in [2.75, 3.05) is 11.9 Å². The Hall–Kier alpha value is -4.21. The number of benzene rings is 1. The van der Waals surface area contributed by atoms with Crippen LogP contribution in [0.25, 0.3) is 22.6 Å². The molecule has 36 heavy (non-hydrogen) atoms. The first-order chi connectivity index (χ1) is 17.4. The molecule has 1 aliphatic rings. The number of carbonyl (C=O) groups excluding carboxylic acids is 1. The second kappa shape index (κ2) is 9.80. The first kappa shape index (κ1) is 23.5. The van der Waals surface area contributed by atoms with Crippen LogP contribution < -0.4 is 10.1 Å². The van der Waals surface area contributed by atoms with Crippen LogP contribution in [0.15, 0.2) is 54.7 Å². The monoisotopic (exact) mass is 490 g/mol. The largest absolute Gasteiger partial charge is 0.493 e. The summed E-state index contributed by atoms with van der Waals surface area (Å²) in [6, 6.07) is 13.4. The van der Waals surface area contributed by atoms with Gasteiger partial charge in [0.1, 0.15) is 28.8 Å². The van der Waals surface area contributed by atoms with Crippen molar-refractivity contribution in [2.24, 2.45) is 0 Å². The molecule has 0 fully saturated rings. The molecule has 184 valence electrons. The van der Waals surface area contributed by atoms with E-state index >= 15 is 0 Å². The predicted octanol–water partition coefficient (Wildman–Crippen LogP) is 5.63. The average molecular weight is 491 g/mol. The second-order valence-corrected chi connectivity index (χ2v) is 8.63. The number of hydrogen-bond acceptors (Lipinski definition) is 6. The number of rotatable bonds is 2. The SMILES string of the molecule is Cc1nnc2n1[C@@H](C)CCCOc1ccc(-c3ccc(C(F)F)nc3)cc1C(=O)Nc1cccc-2n1. The Morgan fingerprint density at radius 1 is 1.11 bits per heavy atom. The van der Waals surface area contributed by atoms with Gasteiger partial charge in [0.2, 0.25) is 0 Å². The van der Waals surface area contributed by atoms with E-state index in [1.165, 1.54) is 12.3 Å². The molecule has 8 nitrogen and oxygen atoms in total. The lowest BCUT2D eigenvalue weighted by molar-refractivity contribution is 0.102. The van der Waals surface area contributed by atoms with Gasteiger partial charge < -0.3 is 14.6 Å². The average Bonchev–Trinajstić information content (AvgIpc) is 3.27. The molecule has 1 amide bonds. The van der Waals surface area contributed by atoms with Crippen LogP contribution in [-0.4, -0.2) is 37.2 Å². The zero-order valence-corrected chi connectivity index (χ0v) is 19.8. The van der Waals surface area contributed by atoms with Crippen LogP contribution in [0.3, 0.4) is 0 Å². The molecule has 0 radical (unpaired) electrons. The third-order valence-electron chi connectivity index (χ3n) is 6.12. The van der Waals surface area contributed by atoms with Crippen LogP contribution in [0.4, 0.5) is 14.6 Å². The van der Waals surface area contributed by atoms with Crippen molar-refractivity contribution >= 4 is 11.7 Å². The predicted molar refractivity (Wildman–Crippen MR) is 130 cm³/mol. The Morgan fingerprint density at radius 3 is 2.72 bits per heavy atom. The number of nitrogens with one attached hydrogen (secondary N) is 1. The van der Waals surface area contributed by atoms with Crippen LogP contribution in [0.2, 0.25) is 0 Å². The summed E-state index contributed by atoms with van der Waals surface area (Å²) >= 11 is 0. The fraction of sp³-hybridized carbons (Fsp3) is 0.269. The number of alkyl halides is 2. The molecule has 1 N–H and O–H groups in total. The number of fused-ring (bicyclic) bond motifs is 5. The van der Waals surface area contributed by atoms with Gasteiger partial charge in [0, 0.05) is 17.8 Å². The first-order valence-electron chi connectivity index (χ1n) is 11.6. The van der Waals surface area contributed by atoms with Crippen molar-refractivity contribution in [1.82, 2.24) is 24.7 Å². The van der Waals surface area contributed by atoms with Gasteiger partial charge in [0.25, 0.3) is 12.3 Å². The first-order valence-corrected chi connectivity index (χ1v) is 11.6. The Kier molecular flexibility index (Phi) is 6.41. The summed E-state index contributed by atoms with van der Waals surface area (Å²) < 4.78 is 33.9. The van der Waals surface area contributed by atoms with Crippen LogP contribution in [0.1, 0.15) is 54.1 Å². The lowest BCUT2D eigenvalue weighted by atomic mass is 10.0. The summed E-state index contributed by atoms with van der Waals surface area (Å²) in [5, 5.41) is 11.4. The lowest BCUT2D eigenvalue weighted by Crippen LogP contribution is -2.17. The minimum Gasteiger partial charge on any atom is -0.493 e. The maximum Gasteiger partial charge on any atom is 0.280 e. The summed E-state index contributed by atoms with van der Waals surface area (Å²) in [4.78, 5) is 21.8. The van der Waals surface area contributed by atoms with Gasteiger partial charge in [-0.1, -0.05) is 18.2 Å². The topological polar surface area (TPSA) is 94.8 Å². The van der Waals surface area contributed by atoms with Crippen molar-refractivity contribution < 1.29 is 18.3 Å². The molecule has 3 aromatic heterocycles. The van der Waals surface area contributed by atoms with E-state index in [1.54, 1.807) is 36.4 Å². The van der Waals surface area contributed by atoms with Crippen LogP contribution in [-0.2, 0) is 0 Å². The normalized spacial score (nSPS) is 15.9. The van der Waals surface area contributed by atoms with E-state index in [0.29, 0.717) is 46.4 Å². The van der Waals surface area contributed by atoms with Crippen molar-refractivity contribution in [3.05, 3.63) is 71.8 Å². The number of halogens is 2. The molecule has 0 saturated heterocycles. The van der Waals surface area contributed by atoms with Crippen LogP contribution in [0.5, 0.6) is 5.75 Å². The summed E-state index contributed by atoms with van der Waals surface area (Å²) in [7, 11) is 0. The zero-order chi connectivity index (χ0) is 25.2. The molecular formula is C26H24F2N6O2. The number of carbonyl (C=O) groups is 1. The number of aromatic nitrogens is 5. The quantitative estimate of drug-likeness (QED) is 0.391. The van der Waals surface area contributed by atoms with E-state index < -0.39 is 12.3 Å². The van der Waals surface area contributed by atoms with Gasteiger partial charge in [0.15, 0.2) is 5.82 Å². The van der Waals surface area contributed by atoms with E-state index in [-0.39, 0.29) is 11.7 Å². The van der Waals surface area contributed by atoms with Gasteiger partial charge in [0.05, 0.1) is 12.2 Å². The standard InChI is InChI=1S/C26H24F2N6O2/c1-15-5-4-12-36-22-11-9-17(18-8-10-20(24(27)28)29-14-18)13-19(22)26(35)31-23-7-3-6-21(30-23)25-33-32-16(2)34(15)25/h3,6-11,13-15,24H,4-5,12H2,1-2H3,(H,30,31,35)/t15-/m0/s1. The summed E-state index contributed by atoms with van der Waals surface area (Å²) in [5.41, 5.74) is 1.87. The van der Waals surface area contributed by atoms with Gasteiger partial charge in [-0.05, 0) is 62.6 Å². The van der Waals surface area contributed by atoms with Gasteiger partial charge in [-0.2, -0.15) is 0 Å². The molecule has 4 aromatic rings. The third-order valence-corrected chi connectivity index (χ3v) is 6.12. The second-order valence-electron chi connectivity index (χ2n) is 8.63. The third kappa shape index (κ3) is 4.66. The van der Waals surface area contributed by atoms with Crippen LogP contribution in [0, 0.1) is 6.92 Å². The molecule has 0 unspecified atom stereocenters. The number of hydrogen-bond donors (Lipinski definition) is 1.